The summed E-state index contributed by atoms with van der Waals surface area (Å²) < 4.78 is 5.65. The fraction of sp³-hybridized carbons (Fsp3) is 0.615. The van der Waals surface area contributed by atoms with Crippen molar-refractivity contribution in [2.75, 3.05) is 14.2 Å². The minimum absolute atomic E-state index is 0.256. The molecule has 2 rings (SSSR count). The van der Waals surface area contributed by atoms with Crippen molar-refractivity contribution < 1.29 is 4.74 Å². The van der Waals surface area contributed by atoms with Gasteiger partial charge in [-0.2, -0.15) is 0 Å². The maximum absolute atomic E-state index is 5.65. The topological polar surface area (TPSA) is 34.2 Å². The van der Waals surface area contributed by atoms with Gasteiger partial charge in [0.25, 0.3) is 0 Å². The lowest BCUT2D eigenvalue weighted by atomic mass is 9.96. The van der Waals surface area contributed by atoms with Crippen LogP contribution in [0.15, 0.2) is 18.5 Å². The molecule has 0 amide bonds. The zero-order chi connectivity index (χ0) is 11.5. The molecule has 1 N–H and O–H groups in total. The molecule has 0 bridgehead atoms. The van der Waals surface area contributed by atoms with Gasteiger partial charge >= 0.3 is 0 Å². The summed E-state index contributed by atoms with van der Waals surface area (Å²) in [4.78, 5) is 4.22. The van der Waals surface area contributed by atoms with Crippen molar-refractivity contribution in [1.29, 1.82) is 0 Å². The smallest absolute Gasteiger partial charge is 0.0794 e. The first kappa shape index (κ1) is 11.6. The average Bonchev–Trinajstić information content (AvgIpc) is 3.11. The van der Waals surface area contributed by atoms with Crippen LogP contribution in [0.1, 0.15) is 30.0 Å². The summed E-state index contributed by atoms with van der Waals surface area (Å²) in [6, 6.07) is 2.31. The number of hydrogen-bond acceptors (Lipinski definition) is 3. The van der Waals surface area contributed by atoms with E-state index in [-0.39, 0.29) is 12.1 Å². The second kappa shape index (κ2) is 4.93. The standard InChI is InChI=1S/C13H20N2O/c1-9-6-7-15-8-11(9)12(14-2)13(16-3)10-4-5-10/h6-8,10,12-14H,4-5H2,1-3H3. The zero-order valence-electron chi connectivity index (χ0n) is 10.2. The minimum atomic E-state index is 0.256. The van der Waals surface area contributed by atoms with Gasteiger partial charge < -0.3 is 10.1 Å². The maximum atomic E-state index is 5.65. The lowest BCUT2D eigenvalue weighted by Crippen LogP contribution is -2.33. The fourth-order valence-corrected chi connectivity index (χ4v) is 2.32. The van der Waals surface area contributed by atoms with Crippen LogP contribution in [0, 0.1) is 12.8 Å². The van der Waals surface area contributed by atoms with Crippen LogP contribution in [0.3, 0.4) is 0 Å². The van der Waals surface area contributed by atoms with Crippen molar-refractivity contribution in [2.24, 2.45) is 5.92 Å². The van der Waals surface area contributed by atoms with E-state index in [1.54, 1.807) is 7.11 Å². The SMILES string of the molecule is CNC(c1cnccc1C)C(OC)C1CC1. The molecule has 1 heterocycles. The van der Waals surface area contributed by atoms with Crippen LogP contribution in [0.4, 0.5) is 0 Å². The van der Waals surface area contributed by atoms with Crippen molar-refractivity contribution in [2.45, 2.75) is 31.9 Å². The second-order valence-corrected chi connectivity index (χ2v) is 4.54. The molecule has 16 heavy (non-hydrogen) atoms. The van der Waals surface area contributed by atoms with Crippen molar-refractivity contribution in [3.05, 3.63) is 29.6 Å². The van der Waals surface area contributed by atoms with Crippen molar-refractivity contribution in [3.63, 3.8) is 0 Å². The summed E-state index contributed by atoms with van der Waals surface area (Å²) in [5.74, 6) is 0.710. The number of pyridine rings is 1. The Morgan fingerprint density at radius 1 is 1.50 bits per heavy atom. The predicted molar refractivity (Wildman–Crippen MR) is 64.3 cm³/mol. The summed E-state index contributed by atoms with van der Waals surface area (Å²) in [7, 11) is 3.80. The van der Waals surface area contributed by atoms with E-state index in [1.165, 1.54) is 24.0 Å². The van der Waals surface area contributed by atoms with Crippen LogP contribution in [-0.4, -0.2) is 25.2 Å². The molecule has 2 atom stereocenters. The highest BCUT2D eigenvalue weighted by atomic mass is 16.5. The molecular weight excluding hydrogens is 200 g/mol. The van der Waals surface area contributed by atoms with Gasteiger partial charge in [-0.1, -0.05) is 0 Å². The molecule has 0 saturated heterocycles. The molecule has 2 unspecified atom stereocenters. The highest BCUT2D eigenvalue weighted by Crippen LogP contribution is 2.40. The summed E-state index contributed by atoms with van der Waals surface area (Å²) in [5, 5.41) is 3.37. The van der Waals surface area contributed by atoms with Crippen LogP contribution >= 0.6 is 0 Å². The molecule has 1 aliphatic carbocycles. The van der Waals surface area contributed by atoms with Crippen molar-refractivity contribution >= 4 is 0 Å². The molecule has 3 nitrogen and oxygen atoms in total. The summed E-state index contributed by atoms with van der Waals surface area (Å²) in [6.45, 7) is 2.13. The van der Waals surface area contributed by atoms with Crippen molar-refractivity contribution in [1.82, 2.24) is 10.3 Å². The number of nitrogens with zero attached hydrogens (tertiary/aromatic N) is 1. The quantitative estimate of drug-likeness (QED) is 0.825. The number of hydrogen-bond donors (Lipinski definition) is 1. The van der Waals surface area contributed by atoms with Gasteiger partial charge in [-0.3, -0.25) is 4.98 Å². The number of likely N-dealkylation sites (N-methyl/N-ethyl adjacent to an activating group) is 1. The number of aromatic nitrogens is 1. The van der Waals surface area contributed by atoms with E-state index >= 15 is 0 Å². The fourth-order valence-electron chi connectivity index (χ4n) is 2.32. The largest absolute Gasteiger partial charge is 0.379 e. The molecular formula is C13H20N2O. The van der Waals surface area contributed by atoms with Crippen LogP contribution < -0.4 is 5.32 Å². The van der Waals surface area contributed by atoms with Crippen LogP contribution in [0.5, 0.6) is 0 Å². The van der Waals surface area contributed by atoms with E-state index in [4.69, 9.17) is 4.74 Å². The van der Waals surface area contributed by atoms with Crippen LogP contribution in [0.2, 0.25) is 0 Å². The normalized spacial score (nSPS) is 19.4. The van der Waals surface area contributed by atoms with Crippen LogP contribution in [0.25, 0.3) is 0 Å². The van der Waals surface area contributed by atoms with Gasteiger partial charge in [0.1, 0.15) is 0 Å². The molecule has 1 saturated carbocycles. The zero-order valence-corrected chi connectivity index (χ0v) is 10.2. The van der Waals surface area contributed by atoms with Gasteiger partial charge in [0, 0.05) is 19.5 Å². The number of rotatable bonds is 5. The van der Waals surface area contributed by atoms with E-state index in [0.717, 1.165) is 0 Å². The lowest BCUT2D eigenvalue weighted by Gasteiger charge is -2.27. The lowest BCUT2D eigenvalue weighted by molar-refractivity contribution is 0.0527. The number of ether oxygens (including phenoxy) is 1. The maximum Gasteiger partial charge on any atom is 0.0794 e. The van der Waals surface area contributed by atoms with Crippen LogP contribution in [-0.2, 0) is 4.74 Å². The molecule has 1 aliphatic rings. The Balaban J connectivity index is 2.23. The molecule has 88 valence electrons. The Hall–Kier alpha value is -0.930. The first-order valence-corrected chi connectivity index (χ1v) is 5.88. The Bertz CT molecular complexity index is 350. The van der Waals surface area contributed by atoms with Gasteiger partial charge in [-0.25, -0.2) is 0 Å². The molecule has 1 aromatic rings. The molecule has 0 aliphatic heterocycles. The van der Waals surface area contributed by atoms with Gasteiger partial charge in [0.2, 0.25) is 0 Å². The summed E-state index contributed by atoms with van der Waals surface area (Å²) in [6.07, 6.45) is 6.63. The highest BCUT2D eigenvalue weighted by Gasteiger charge is 2.37. The third-order valence-electron chi connectivity index (χ3n) is 3.41. The third-order valence-corrected chi connectivity index (χ3v) is 3.41. The molecule has 0 radical (unpaired) electrons. The third kappa shape index (κ3) is 2.25. The monoisotopic (exact) mass is 220 g/mol. The Morgan fingerprint density at radius 2 is 2.25 bits per heavy atom. The first-order valence-electron chi connectivity index (χ1n) is 5.88. The molecule has 1 fully saturated rings. The Labute approximate surface area is 97.2 Å². The molecule has 0 aromatic carbocycles. The van der Waals surface area contributed by atoms with E-state index in [0.29, 0.717) is 5.92 Å². The number of methoxy groups -OCH3 is 1. The van der Waals surface area contributed by atoms with E-state index < -0.39 is 0 Å². The van der Waals surface area contributed by atoms with Gasteiger partial charge in [-0.05, 0) is 49.9 Å². The van der Waals surface area contributed by atoms with Gasteiger partial charge in [0.05, 0.1) is 12.1 Å². The molecule has 3 heteroatoms. The second-order valence-electron chi connectivity index (χ2n) is 4.54. The highest BCUT2D eigenvalue weighted by molar-refractivity contribution is 5.26. The minimum Gasteiger partial charge on any atom is -0.379 e. The van der Waals surface area contributed by atoms with Gasteiger partial charge in [0.15, 0.2) is 0 Å². The summed E-state index contributed by atoms with van der Waals surface area (Å²) in [5.41, 5.74) is 2.53. The van der Waals surface area contributed by atoms with E-state index in [2.05, 4.69) is 23.3 Å². The Kier molecular flexibility index (Phi) is 3.56. The molecule has 0 spiro atoms. The average molecular weight is 220 g/mol. The summed E-state index contributed by atoms with van der Waals surface area (Å²) >= 11 is 0. The van der Waals surface area contributed by atoms with E-state index in [9.17, 15) is 0 Å². The molecule has 1 aromatic heterocycles. The Morgan fingerprint density at radius 3 is 2.75 bits per heavy atom. The van der Waals surface area contributed by atoms with E-state index in [1.807, 2.05) is 19.4 Å². The first-order chi connectivity index (χ1) is 7.77. The predicted octanol–water partition coefficient (Wildman–Crippen LogP) is 2.08. The number of nitrogens with one attached hydrogen (secondary N) is 1. The van der Waals surface area contributed by atoms with Crippen molar-refractivity contribution in [3.8, 4) is 0 Å². The number of aryl methyl sites for hydroxylation is 1. The van der Waals surface area contributed by atoms with Gasteiger partial charge in [-0.15, -0.1) is 0 Å².